The molecule has 20 heavy (non-hydrogen) atoms. The number of H-pyrrole nitrogens is 1. The predicted octanol–water partition coefficient (Wildman–Crippen LogP) is 5.47. The van der Waals surface area contributed by atoms with E-state index in [1.165, 1.54) is 0 Å². The summed E-state index contributed by atoms with van der Waals surface area (Å²) in [6.45, 7) is 0. The lowest BCUT2D eigenvalue weighted by molar-refractivity contribution is 0.103. The first-order valence-electron chi connectivity index (χ1n) is 5.83. The molecule has 0 amide bonds. The molecule has 1 heterocycles. The number of carbonyl (C=O) groups excluding carboxylic acids is 1. The lowest BCUT2D eigenvalue weighted by Crippen LogP contribution is -2.01. The van der Waals surface area contributed by atoms with Crippen molar-refractivity contribution in [2.24, 2.45) is 0 Å². The van der Waals surface area contributed by atoms with Crippen LogP contribution in [0.1, 0.15) is 15.9 Å². The van der Waals surface area contributed by atoms with Gasteiger partial charge in [-0.2, -0.15) is 0 Å². The van der Waals surface area contributed by atoms with Gasteiger partial charge in [-0.15, -0.1) is 0 Å². The maximum absolute atomic E-state index is 12.6. The minimum atomic E-state index is -0.0899. The molecule has 0 spiro atoms. The molecule has 0 saturated heterocycles. The van der Waals surface area contributed by atoms with Crippen molar-refractivity contribution in [3.05, 3.63) is 68.2 Å². The summed E-state index contributed by atoms with van der Waals surface area (Å²) in [7, 11) is 0. The summed E-state index contributed by atoms with van der Waals surface area (Å²) in [5.74, 6) is -0.0899. The molecule has 1 aromatic heterocycles. The first-order chi connectivity index (χ1) is 9.58. The number of aromatic amines is 1. The zero-order valence-electron chi connectivity index (χ0n) is 10.1. The van der Waals surface area contributed by atoms with E-state index in [2.05, 4.69) is 20.9 Å². The van der Waals surface area contributed by atoms with Gasteiger partial charge in [-0.25, -0.2) is 0 Å². The van der Waals surface area contributed by atoms with Crippen molar-refractivity contribution in [2.75, 3.05) is 0 Å². The Kier molecular flexibility index (Phi) is 3.59. The van der Waals surface area contributed by atoms with Crippen LogP contribution in [0.15, 0.2) is 47.1 Å². The van der Waals surface area contributed by atoms with Gasteiger partial charge in [0.15, 0.2) is 5.78 Å². The Morgan fingerprint density at radius 3 is 2.60 bits per heavy atom. The Labute approximate surface area is 133 Å². The zero-order chi connectivity index (χ0) is 14.3. The van der Waals surface area contributed by atoms with Gasteiger partial charge in [-0.3, -0.25) is 4.79 Å². The average molecular weight is 369 g/mol. The fourth-order valence-corrected chi connectivity index (χ4v) is 3.21. The fraction of sp³-hybridized carbons (Fsp3) is 0. The normalized spacial score (nSPS) is 10.9. The van der Waals surface area contributed by atoms with Crippen LogP contribution in [0.2, 0.25) is 10.0 Å². The third-order valence-electron chi connectivity index (χ3n) is 3.06. The molecule has 100 valence electrons. The van der Waals surface area contributed by atoms with E-state index >= 15 is 0 Å². The van der Waals surface area contributed by atoms with Gasteiger partial charge in [0, 0.05) is 37.7 Å². The Bertz CT molecular complexity index is 826. The first kappa shape index (κ1) is 13.7. The molecule has 0 aliphatic carbocycles. The van der Waals surface area contributed by atoms with Crippen LogP contribution in [0.5, 0.6) is 0 Å². The highest BCUT2D eigenvalue weighted by molar-refractivity contribution is 9.10. The van der Waals surface area contributed by atoms with Gasteiger partial charge in [-0.1, -0.05) is 51.3 Å². The molecule has 0 aliphatic heterocycles. The Morgan fingerprint density at radius 2 is 1.85 bits per heavy atom. The van der Waals surface area contributed by atoms with Gasteiger partial charge in [0.1, 0.15) is 0 Å². The standard InChI is InChI=1S/C15H8BrCl2NO/c16-11-4-2-1-3-9(11)15(20)10-7-19-13-6-8(17)5-12(18)14(10)13/h1-7,19H. The number of fused-ring (bicyclic) bond motifs is 1. The summed E-state index contributed by atoms with van der Waals surface area (Å²) in [4.78, 5) is 15.7. The van der Waals surface area contributed by atoms with E-state index in [0.717, 1.165) is 9.99 Å². The van der Waals surface area contributed by atoms with Crippen LogP contribution in [0, 0.1) is 0 Å². The van der Waals surface area contributed by atoms with Crippen LogP contribution in [0.3, 0.4) is 0 Å². The molecule has 0 aliphatic rings. The van der Waals surface area contributed by atoms with E-state index in [1.807, 2.05) is 18.2 Å². The van der Waals surface area contributed by atoms with E-state index in [4.69, 9.17) is 23.2 Å². The lowest BCUT2D eigenvalue weighted by Gasteiger charge is -2.03. The minimum Gasteiger partial charge on any atom is -0.360 e. The molecular weight excluding hydrogens is 361 g/mol. The highest BCUT2D eigenvalue weighted by Gasteiger charge is 2.18. The summed E-state index contributed by atoms with van der Waals surface area (Å²) in [6.07, 6.45) is 1.66. The highest BCUT2D eigenvalue weighted by atomic mass is 79.9. The third-order valence-corrected chi connectivity index (χ3v) is 4.27. The first-order valence-corrected chi connectivity index (χ1v) is 7.38. The summed E-state index contributed by atoms with van der Waals surface area (Å²) in [5, 5.41) is 1.69. The summed E-state index contributed by atoms with van der Waals surface area (Å²) in [5.41, 5.74) is 1.88. The summed E-state index contributed by atoms with van der Waals surface area (Å²) < 4.78 is 0.754. The number of rotatable bonds is 2. The molecule has 0 fully saturated rings. The maximum Gasteiger partial charge on any atom is 0.196 e. The largest absolute Gasteiger partial charge is 0.360 e. The second-order valence-electron chi connectivity index (χ2n) is 4.32. The van der Waals surface area contributed by atoms with Gasteiger partial charge < -0.3 is 4.98 Å². The molecule has 5 heteroatoms. The van der Waals surface area contributed by atoms with Crippen molar-refractivity contribution < 1.29 is 4.79 Å². The van der Waals surface area contributed by atoms with Gasteiger partial charge in [0.25, 0.3) is 0 Å². The number of ketones is 1. The summed E-state index contributed by atoms with van der Waals surface area (Å²) in [6, 6.07) is 10.7. The molecule has 0 radical (unpaired) electrons. The van der Waals surface area contributed by atoms with E-state index in [-0.39, 0.29) is 5.78 Å². The number of carbonyl (C=O) groups is 1. The number of hydrogen-bond acceptors (Lipinski definition) is 1. The zero-order valence-corrected chi connectivity index (χ0v) is 13.2. The van der Waals surface area contributed by atoms with E-state index < -0.39 is 0 Å². The van der Waals surface area contributed by atoms with Crippen molar-refractivity contribution in [1.82, 2.24) is 4.98 Å². The van der Waals surface area contributed by atoms with E-state index in [1.54, 1.807) is 24.4 Å². The van der Waals surface area contributed by atoms with Crippen molar-refractivity contribution in [2.45, 2.75) is 0 Å². The number of hydrogen-bond donors (Lipinski definition) is 1. The Balaban J connectivity index is 2.21. The molecule has 1 N–H and O–H groups in total. The van der Waals surface area contributed by atoms with Crippen LogP contribution in [-0.2, 0) is 0 Å². The monoisotopic (exact) mass is 367 g/mol. The predicted molar refractivity (Wildman–Crippen MR) is 85.9 cm³/mol. The molecule has 0 bridgehead atoms. The van der Waals surface area contributed by atoms with Crippen molar-refractivity contribution in [3.63, 3.8) is 0 Å². The van der Waals surface area contributed by atoms with Crippen molar-refractivity contribution >= 4 is 55.8 Å². The minimum absolute atomic E-state index is 0.0899. The molecule has 2 nitrogen and oxygen atoms in total. The van der Waals surface area contributed by atoms with Gasteiger partial charge in [0.05, 0.1) is 5.02 Å². The molecular formula is C15H8BrCl2NO. The molecule has 2 aromatic carbocycles. The second-order valence-corrected chi connectivity index (χ2v) is 6.02. The van der Waals surface area contributed by atoms with Crippen LogP contribution < -0.4 is 0 Å². The van der Waals surface area contributed by atoms with Crippen molar-refractivity contribution in [3.8, 4) is 0 Å². The second kappa shape index (κ2) is 5.24. The smallest absolute Gasteiger partial charge is 0.196 e. The Hall–Kier alpha value is -1.29. The SMILES string of the molecule is O=C(c1ccccc1Br)c1c[nH]c2cc(Cl)cc(Cl)c12. The van der Waals surface area contributed by atoms with Gasteiger partial charge >= 0.3 is 0 Å². The van der Waals surface area contributed by atoms with E-state index in [0.29, 0.717) is 26.6 Å². The topological polar surface area (TPSA) is 32.9 Å². The maximum atomic E-state index is 12.6. The lowest BCUT2D eigenvalue weighted by atomic mass is 10.0. The number of benzene rings is 2. The van der Waals surface area contributed by atoms with Crippen LogP contribution in [-0.4, -0.2) is 10.8 Å². The fourth-order valence-electron chi connectivity index (χ4n) is 2.15. The quantitative estimate of drug-likeness (QED) is 0.598. The third kappa shape index (κ3) is 2.26. The summed E-state index contributed by atoms with van der Waals surface area (Å²) >= 11 is 15.6. The number of halogens is 3. The van der Waals surface area contributed by atoms with Crippen molar-refractivity contribution in [1.29, 1.82) is 0 Å². The number of nitrogens with one attached hydrogen (secondary N) is 1. The number of aromatic nitrogens is 1. The Morgan fingerprint density at radius 1 is 1.10 bits per heavy atom. The molecule has 3 rings (SSSR count). The molecule has 0 saturated carbocycles. The molecule has 0 atom stereocenters. The van der Waals surface area contributed by atoms with Gasteiger partial charge in [0.2, 0.25) is 0 Å². The van der Waals surface area contributed by atoms with Crippen LogP contribution >= 0.6 is 39.1 Å². The van der Waals surface area contributed by atoms with Gasteiger partial charge in [-0.05, 0) is 24.3 Å². The highest BCUT2D eigenvalue weighted by Crippen LogP contribution is 2.32. The molecule has 3 aromatic rings. The van der Waals surface area contributed by atoms with E-state index in [9.17, 15) is 4.79 Å². The van der Waals surface area contributed by atoms with Crippen LogP contribution in [0.25, 0.3) is 10.9 Å². The average Bonchev–Trinajstić information content (AvgIpc) is 2.82. The molecule has 0 unspecified atom stereocenters. The van der Waals surface area contributed by atoms with Crippen LogP contribution in [0.4, 0.5) is 0 Å².